The lowest BCUT2D eigenvalue weighted by Crippen LogP contribution is -2.52. The van der Waals surface area contributed by atoms with Crippen LogP contribution in [0, 0.1) is 0 Å². The van der Waals surface area contributed by atoms with Crippen LogP contribution in [0.15, 0.2) is 18.2 Å². The first kappa shape index (κ1) is 16.9. The van der Waals surface area contributed by atoms with Gasteiger partial charge in [0, 0.05) is 6.54 Å². The SMILES string of the molecule is CC(Oc1cccc(Cl)c1Cl)C(=O)N1CCCCC1C(=O)O. The molecule has 0 aromatic heterocycles. The second-order valence-electron chi connectivity index (χ2n) is 5.19. The zero-order valence-electron chi connectivity index (χ0n) is 12.1. The van der Waals surface area contributed by atoms with Gasteiger partial charge in [-0.05, 0) is 38.3 Å². The van der Waals surface area contributed by atoms with Crippen molar-refractivity contribution in [3.63, 3.8) is 0 Å². The number of amides is 1. The molecule has 1 aliphatic rings. The van der Waals surface area contributed by atoms with Gasteiger partial charge in [-0.1, -0.05) is 29.3 Å². The Labute approximate surface area is 138 Å². The molecule has 2 atom stereocenters. The lowest BCUT2D eigenvalue weighted by atomic mass is 10.0. The van der Waals surface area contributed by atoms with Gasteiger partial charge in [0.25, 0.3) is 5.91 Å². The van der Waals surface area contributed by atoms with Crippen LogP contribution in [0.1, 0.15) is 26.2 Å². The topological polar surface area (TPSA) is 66.8 Å². The van der Waals surface area contributed by atoms with E-state index >= 15 is 0 Å². The number of hydrogen-bond acceptors (Lipinski definition) is 3. The third kappa shape index (κ3) is 3.65. The Kier molecular flexibility index (Phi) is 5.53. The van der Waals surface area contributed by atoms with Crippen molar-refractivity contribution >= 4 is 35.1 Å². The standard InChI is InChI=1S/C15H17Cl2NO4/c1-9(22-12-7-4-5-10(16)13(12)17)14(19)18-8-3-2-6-11(18)15(20)21/h4-5,7,9,11H,2-3,6,8H2,1H3,(H,20,21). The van der Waals surface area contributed by atoms with Gasteiger partial charge in [-0.3, -0.25) is 4.79 Å². The van der Waals surface area contributed by atoms with Gasteiger partial charge in [-0.25, -0.2) is 4.79 Å². The highest BCUT2D eigenvalue weighted by Gasteiger charge is 2.34. The number of rotatable bonds is 4. The molecule has 22 heavy (non-hydrogen) atoms. The fourth-order valence-corrected chi connectivity index (χ4v) is 2.84. The van der Waals surface area contributed by atoms with Crippen molar-refractivity contribution in [1.82, 2.24) is 4.90 Å². The zero-order valence-corrected chi connectivity index (χ0v) is 13.6. The minimum atomic E-state index is -0.985. The molecule has 0 spiro atoms. The number of carboxylic acids is 1. The zero-order chi connectivity index (χ0) is 16.3. The largest absolute Gasteiger partial charge is 0.480 e. The lowest BCUT2D eigenvalue weighted by Gasteiger charge is -2.34. The van der Waals surface area contributed by atoms with Crippen LogP contribution in [-0.4, -0.2) is 40.6 Å². The monoisotopic (exact) mass is 345 g/mol. The minimum absolute atomic E-state index is 0.234. The molecule has 2 rings (SSSR count). The molecule has 1 aliphatic heterocycles. The highest BCUT2D eigenvalue weighted by Crippen LogP contribution is 2.32. The van der Waals surface area contributed by atoms with Gasteiger partial charge in [0.2, 0.25) is 0 Å². The van der Waals surface area contributed by atoms with Crippen LogP contribution in [0.2, 0.25) is 10.0 Å². The Morgan fingerprint density at radius 3 is 2.77 bits per heavy atom. The first-order chi connectivity index (χ1) is 10.4. The Morgan fingerprint density at radius 2 is 2.09 bits per heavy atom. The number of benzene rings is 1. The van der Waals surface area contributed by atoms with Crippen molar-refractivity contribution in [2.45, 2.75) is 38.3 Å². The average Bonchev–Trinajstić information content (AvgIpc) is 2.51. The van der Waals surface area contributed by atoms with Gasteiger partial charge in [0.1, 0.15) is 16.8 Å². The summed E-state index contributed by atoms with van der Waals surface area (Å²) in [5.41, 5.74) is 0. The van der Waals surface area contributed by atoms with Crippen molar-refractivity contribution < 1.29 is 19.4 Å². The average molecular weight is 346 g/mol. The number of carboxylic acid groups (broad SMARTS) is 1. The van der Waals surface area contributed by atoms with Crippen molar-refractivity contribution in [1.29, 1.82) is 0 Å². The summed E-state index contributed by atoms with van der Waals surface area (Å²) >= 11 is 11.9. The van der Waals surface area contributed by atoms with Crippen LogP contribution >= 0.6 is 23.2 Å². The predicted molar refractivity (Wildman–Crippen MR) is 83.5 cm³/mol. The van der Waals surface area contributed by atoms with Crippen LogP contribution in [0.4, 0.5) is 0 Å². The van der Waals surface area contributed by atoms with Gasteiger partial charge < -0.3 is 14.7 Å². The molecule has 1 N–H and O–H groups in total. The van der Waals surface area contributed by atoms with Crippen LogP contribution < -0.4 is 4.74 Å². The molecule has 5 nitrogen and oxygen atoms in total. The maximum Gasteiger partial charge on any atom is 0.326 e. The van der Waals surface area contributed by atoms with Crippen molar-refractivity contribution in [3.05, 3.63) is 28.2 Å². The van der Waals surface area contributed by atoms with E-state index in [1.807, 2.05) is 0 Å². The summed E-state index contributed by atoms with van der Waals surface area (Å²) in [6.45, 7) is 2.00. The Bertz CT molecular complexity index is 579. The molecule has 1 fully saturated rings. The number of carbonyl (C=O) groups excluding carboxylic acids is 1. The Balaban J connectivity index is 2.11. The maximum absolute atomic E-state index is 12.5. The smallest absolute Gasteiger partial charge is 0.326 e. The predicted octanol–water partition coefficient (Wildman–Crippen LogP) is 3.23. The highest BCUT2D eigenvalue weighted by molar-refractivity contribution is 6.42. The number of piperidine rings is 1. The van der Waals surface area contributed by atoms with E-state index in [9.17, 15) is 14.7 Å². The molecule has 0 radical (unpaired) electrons. The lowest BCUT2D eigenvalue weighted by molar-refractivity contribution is -0.155. The molecule has 0 aliphatic carbocycles. The number of nitrogens with zero attached hydrogens (tertiary/aromatic N) is 1. The Morgan fingerprint density at radius 1 is 1.36 bits per heavy atom. The Hall–Kier alpha value is -1.46. The summed E-state index contributed by atoms with van der Waals surface area (Å²) < 4.78 is 5.57. The molecule has 2 unspecified atom stereocenters. The fourth-order valence-electron chi connectivity index (χ4n) is 2.50. The second-order valence-corrected chi connectivity index (χ2v) is 5.98. The van der Waals surface area contributed by atoms with Gasteiger partial charge in [0.15, 0.2) is 6.10 Å². The third-order valence-electron chi connectivity index (χ3n) is 3.64. The van der Waals surface area contributed by atoms with Crippen molar-refractivity contribution in [2.24, 2.45) is 0 Å². The van der Waals surface area contributed by atoms with Gasteiger partial charge in [-0.15, -0.1) is 0 Å². The number of carbonyl (C=O) groups is 2. The molecular weight excluding hydrogens is 329 g/mol. The van der Waals surface area contributed by atoms with E-state index in [-0.39, 0.29) is 10.9 Å². The molecular formula is C15H17Cl2NO4. The molecule has 120 valence electrons. The molecule has 1 saturated heterocycles. The molecule has 0 bridgehead atoms. The minimum Gasteiger partial charge on any atom is -0.480 e. The van der Waals surface area contributed by atoms with Crippen LogP contribution in [0.25, 0.3) is 0 Å². The fraction of sp³-hybridized carbons (Fsp3) is 0.467. The molecule has 1 heterocycles. The van der Waals surface area contributed by atoms with E-state index in [2.05, 4.69) is 0 Å². The van der Waals surface area contributed by atoms with Gasteiger partial charge >= 0.3 is 5.97 Å². The number of aliphatic carboxylic acids is 1. The van der Waals surface area contributed by atoms with Crippen LogP contribution in [0.5, 0.6) is 5.75 Å². The summed E-state index contributed by atoms with van der Waals surface area (Å²) in [4.78, 5) is 25.1. The van der Waals surface area contributed by atoms with Crippen LogP contribution in [-0.2, 0) is 9.59 Å². The van der Waals surface area contributed by atoms with Gasteiger partial charge in [0.05, 0.1) is 5.02 Å². The van der Waals surface area contributed by atoms with E-state index in [4.69, 9.17) is 27.9 Å². The van der Waals surface area contributed by atoms with Crippen LogP contribution in [0.3, 0.4) is 0 Å². The number of ether oxygens (including phenoxy) is 1. The summed E-state index contributed by atoms with van der Waals surface area (Å²) in [5.74, 6) is -1.04. The maximum atomic E-state index is 12.5. The summed E-state index contributed by atoms with van der Waals surface area (Å²) in [6, 6.07) is 4.11. The highest BCUT2D eigenvalue weighted by atomic mass is 35.5. The van der Waals surface area contributed by atoms with Crippen molar-refractivity contribution in [3.8, 4) is 5.75 Å². The molecule has 0 saturated carbocycles. The van der Waals surface area contributed by atoms with E-state index in [0.717, 1.165) is 12.8 Å². The van der Waals surface area contributed by atoms with E-state index in [1.54, 1.807) is 25.1 Å². The second kappa shape index (κ2) is 7.20. The van der Waals surface area contributed by atoms with E-state index in [0.29, 0.717) is 23.7 Å². The van der Waals surface area contributed by atoms with Crippen molar-refractivity contribution in [2.75, 3.05) is 6.54 Å². The molecule has 1 amide bonds. The summed E-state index contributed by atoms with van der Waals surface area (Å²) in [7, 11) is 0. The third-order valence-corrected chi connectivity index (χ3v) is 4.44. The molecule has 1 aromatic carbocycles. The quantitative estimate of drug-likeness (QED) is 0.909. The first-order valence-corrected chi connectivity index (χ1v) is 7.81. The number of halogens is 2. The normalized spacial score (nSPS) is 19.6. The number of hydrogen-bond donors (Lipinski definition) is 1. The van der Waals surface area contributed by atoms with E-state index in [1.165, 1.54) is 4.90 Å². The summed E-state index contributed by atoms with van der Waals surface area (Å²) in [5, 5.41) is 9.80. The number of likely N-dealkylation sites (tertiary alicyclic amines) is 1. The summed E-state index contributed by atoms with van der Waals surface area (Å²) in [6.07, 6.45) is 1.22. The molecule has 1 aromatic rings. The van der Waals surface area contributed by atoms with Gasteiger partial charge in [-0.2, -0.15) is 0 Å². The molecule has 7 heteroatoms. The first-order valence-electron chi connectivity index (χ1n) is 7.05. The van der Waals surface area contributed by atoms with E-state index < -0.39 is 18.1 Å².